The number of rotatable bonds is 3. The van der Waals surface area contributed by atoms with Crippen molar-refractivity contribution in [2.24, 2.45) is 0 Å². The lowest BCUT2D eigenvalue weighted by Crippen LogP contribution is -2.52. The molecule has 5 nitrogen and oxygen atoms in total. The van der Waals surface area contributed by atoms with Crippen LogP contribution in [0, 0.1) is 0 Å². The third kappa shape index (κ3) is 3.02. The lowest BCUT2D eigenvalue weighted by molar-refractivity contribution is -0.135. The molecule has 1 aromatic rings. The van der Waals surface area contributed by atoms with Gasteiger partial charge in [0.05, 0.1) is 19.6 Å². The average molecular weight is 311 g/mol. The molecule has 1 saturated heterocycles. The van der Waals surface area contributed by atoms with E-state index in [0.29, 0.717) is 10.0 Å². The topological polar surface area (TPSA) is 66.5 Å². The summed E-state index contributed by atoms with van der Waals surface area (Å²) >= 11 is 3.30. The molecule has 1 fully saturated rings. The van der Waals surface area contributed by atoms with Crippen molar-refractivity contribution in [3.05, 3.63) is 34.3 Å². The van der Waals surface area contributed by atoms with Gasteiger partial charge in [0.2, 0.25) is 11.8 Å². The number of hydrogen-bond donors (Lipinski definition) is 1. The molecule has 2 amide bonds. The third-order valence-electron chi connectivity index (χ3n) is 2.55. The van der Waals surface area contributed by atoms with Crippen molar-refractivity contribution in [2.45, 2.75) is 0 Å². The van der Waals surface area contributed by atoms with Gasteiger partial charge >= 0.3 is 0 Å². The molecule has 0 aromatic heterocycles. The first-order valence-electron chi connectivity index (χ1n) is 5.39. The molecule has 1 N–H and O–H groups in total. The molecule has 0 bridgehead atoms. The number of carbonyl (C=O) groups excluding carboxylic acids is 3. The Hall–Kier alpha value is -1.53. The van der Waals surface area contributed by atoms with Gasteiger partial charge in [-0.25, -0.2) is 0 Å². The molecule has 6 heteroatoms. The predicted octanol–water partition coefficient (Wildman–Crippen LogP) is 0.590. The van der Waals surface area contributed by atoms with E-state index in [2.05, 4.69) is 21.2 Å². The van der Waals surface area contributed by atoms with Crippen LogP contribution in [0.4, 0.5) is 0 Å². The first-order chi connectivity index (χ1) is 8.56. The first kappa shape index (κ1) is 12.9. The fourth-order valence-corrected chi connectivity index (χ4v) is 2.29. The van der Waals surface area contributed by atoms with Crippen molar-refractivity contribution in [2.75, 3.05) is 19.6 Å². The Bertz CT molecular complexity index is 500. The smallest absolute Gasteiger partial charge is 0.240 e. The number of ketones is 1. The number of piperazine rings is 1. The summed E-state index contributed by atoms with van der Waals surface area (Å²) in [7, 11) is 0. The van der Waals surface area contributed by atoms with E-state index < -0.39 is 0 Å². The summed E-state index contributed by atoms with van der Waals surface area (Å²) in [6, 6.07) is 7.07. The fourth-order valence-electron chi connectivity index (χ4n) is 1.78. The minimum Gasteiger partial charge on any atom is -0.294 e. The molecule has 18 heavy (non-hydrogen) atoms. The summed E-state index contributed by atoms with van der Waals surface area (Å²) in [5, 5.41) is 2.19. The molecule has 0 spiro atoms. The second-order valence-electron chi connectivity index (χ2n) is 4.02. The Balaban J connectivity index is 2.06. The van der Waals surface area contributed by atoms with Crippen molar-refractivity contribution in [3.8, 4) is 0 Å². The highest BCUT2D eigenvalue weighted by molar-refractivity contribution is 9.10. The zero-order chi connectivity index (χ0) is 13.1. The van der Waals surface area contributed by atoms with Crippen molar-refractivity contribution in [3.63, 3.8) is 0 Å². The number of amides is 2. The van der Waals surface area contributed by atoms with Crippen LogP contribution in [-0.2, 0) is 9.59 Å². The van der Waals surface area contributed by atoms with Crippen LogP contribution < -0.4 is 5.32 Å². The van der Waals surface area contributed by atoms with E-state index in [1.807, 2.05) is 6.07 Å². The molecule has 1 aliphatic heterocycles. The molecule has 1 heterocycles. The maximum atomic E-state index is 12.0. The summed E-state index contributed by atoms with van der Waals surface area (Å²) in [4.78, 5) is 35.9. The molecule has 1 aliphatic rings. The normalized spacial score (nSPS) is 16.5. The van der Waals surface area contributed by atoms with Gasteiger partial charge in [-0.05, 0) is 6.07 Å². The lowest BCUT2D eigenvalue weighted by Gasteiger charge is -2.24. The van der Waals surface area contributed by atoms with Gasteiger partial charge < -0.3 is 0 Å². The first-order valence-corrected chi connectivity index (χ1v) is 6.18. The van der Waals surface area contributed by atoms with Crippen LogP contribution in [-0.4, -0.2) is 42.1 Å². The Morgan fingerprint density at radius 2 is 1.83 bits per heavy atom. The summed E-state index contributed by atoms with van der Waals surface area (Å²) < 4.78 is 0.711. The highest BCUT2D eigenvalue weighted by Crippen LogP contribution is 2.16. The van der Waals surface area contributed by atoms with Crippen molar-refractivity contribution in [1.82, 2.24) is 10.2 Å². The van der Waals surface area contributed by atoms with Gasteiger partial charge in [0.1, 0.15) is 0 Å². The number of hydrogen-bond acceptors (Lipinski definition) is 4. The molecular weight excluding hydrogens is 300 g/mol. The SMILES string of the molecule is O=C1CN(CC(=O)c2ccccc2Br)CC(=O)N1. The molecule has 94 valence electrons. The third-order valence-corrected chi connectivity index (χ3v) is 3.25. The Morgan fingerprint density at radius 3 is 2.44 bits per heavy atom. The van der Waals surface area contributed by atoms with Gasteiger partial charge in [-0.3, -0.25) is 24.6 Å². The van der Waals surface area contributed by atoms with Crippen molar-refractivity contribution < 1.29 is 14.4 Å². The van der Waals surface area contributed by atoms with Gasteiger partial charge in [-0.1, -0.05) is 34.1 Å². The number of imide groups is 1. The molecule has 0 saturated carbocycles. The van der Waals surface area contributed by atoms with Crippen LogP contribution >= 0.6 is 15.9 Å². The zero-order valence-electron chi connectivity index (χ0n) is 9.48. The molecule has 0 unspecified atom stereocenters. The van der Waals surface area contributed by atoms with Crippen molar-refractivity contribution in [1.29, 1.82) is 0 Å². The number of nitrogens with zero attached hydrogens (tertiary/aromatic N) is 1. The van der Waals surface area contributed by atoms with E-state index in [0.717, 1.165) is 0 Å². The van der Waals surface area contributed by atoms with Gasteiger partial charge in [0, 0.05) is 10.0 Å². The summed E-state index contributed by atoms with van der Waals surface area (Å²) in [6.45, 7) is 0.200. The largest absolute Gasteiger partial charge is 0.294 e. The van der Waals surface area contributed by atoms with E-state index in [1.165, 1.54) is 4.90 Å². The van der Waals surface area contributed by atoms with E-state index >= 15 is 0 Å². The number of halogens is 1. The van der Waals surface area contributed by atoms with Gasteiger partial charge in [0.25, 0.3) is 0 Å². The fraction of sp³-hybridized carbons (Fsp3) is 0.250. The van der Waals surface area contributed by atoms with E-state index in [1.54, 1.807) is 18.2 Å². The van der Waals surface area contributed by atoms with E-state index in [-0.39, 0.29) is 37.2 Å². The Labute approximate surface area is 112 Å². The molecule has 2 rings (SSSR count). The quantitative estimate of drug-likeness (QED) is 0.655. The van der Waals surface area contributed by atoms with Gasteiger partial charge in [-0.15, -0.1) is 0 Å². The summed E-state index contributed by atoms with van der Waals surface area (Å²) in [5.74, 6) is -0.859. The predicted molar refractivity (Wildman–Crippen MR) is 68.1 cm³/mol. The molecule has 1 aromatic carbocycles. The molecule has 0 atom stereocenters. The minimum atomic E-state index is -0.369. The minimum absolute atomic E-state index is 0.0573. The lowest BCUT2D eigenvalue weighted by atomic mass is 10.1. The maximum Gasteiger partial charge on any atom is 0.240 e. The van der Waals surface area contributed by atoms with E-state index in [9.17, 15) is 14.4 Å². The zero-order valence-corrected chi connectivity index (χ0v) is 11.1. The monoisotopic (exact) mass is 310 g/mol. The number of Topliss-reactive ketones (excluding diaryl/α,β-unsaturated/α-hetero) is 1. The summed E-state index contributed by atoms with van der Waals surface area (Å²) in [5.41, 5.74) is 0.552. The van der Waals surface area contributed by atoms with Crippen LogP contribution in [0.1, 0.15) is 10.4 Å². The van der Waals surface area contributed by atoms with Crippen molar-refractivity contribution >= 4 is 33.5 Å². The Kier molecular flexibility index (Phi) is 3.88. The highest BCUT2D eigenvalue weighted by atomic mass is 79.9. The van der Waals surface area contributed by atoms with E-state index in [4.69, 9.17) is 0 Å². The number of nitrogens with one attached hydrogen (secondary N) is 1. The van der Waals surface area contributed by atoms with Crippen LogP contribution in [0.25, 0.3) is 0 Å². The number of carbonyl (C=O) groups is 3. The Morgan fingerprint density at radius 1 is 1.22 bits per heavy atom. The molecule has 0 aliphatic carbocycles. The van der Waals surface area contributed by atoms with Gasteiger partial charge in [0.15, 0.2) is 5.78 Å². The van der Waals surface area contributed by atoms with Crippen LogP contribution in [0.5, 0.6) is 0 Å². The second kappa shape index (κ2) is 5.41. The average Bonchev–Trinajstić information content (AvgIpc) is 2.27. The molecular formula is C12H11BrN2O3. The van der Waals surface area contributed by atoms with Crippen LogP contribution in [0.15, 0.2) is 28.7 Å². The maximum absolute atomic E-state index is 12.0. The van der Waals surface area contributed by atoms with Crippen LogP contribution in [0.3, 0.4) is 0 Å². The van der Waals surface area contributed by atoms with Crippen LogP contribution in [0.2, 0.25) is 0 Å². The van der Waals surface area contributed by atoms with Gasteiger partial charge in [-0.2, -0.15) is 0 Å². The second-order valence-corrected chi connectivity index (χ2v) is 4.87. The molecule has 0 radical (unpaired) electrons. The standard InChI is InChI=1S/C12H11BrN2O3/c13-9-4-2-1-3-8(9)10(16)5-15-6-11(17)14-12(18)7-15/h1-4H,5-7H2,(H,14,17,18). The highest BCUT2D eigenvalue weighted by Gasteiger charge is 2.24. The number of benzene rings is 1. The summed E-state index contributed by atoms with van der Waals surface area (Å²) in [6.07, 6.45) is 0.